The number of nitrogens with zero attached hydrogens (tertiary/aromatic N) is 3. The minimum atomic E-state index is -2.68. The molecule has 28 heavy (non-hydrogen) atoms. The standard InChI is InChI=1S/C21H20F2N4O/c22-19(23)18-10-17(13-8-9-13)25-20-15(11-24-27(18)20)21(28)26-16-7-3-5-12-4-1-2-6-14(12)16/h1-2,4,6,10-11,13,16,19H,3,5,7-9H2,(H,26,28)/t16-/m0/s1. The number of hydrogen-bond donors (Lipinski definition) is 1. The Balaban J connectivity index is 1.50. The molecule has 144 valence electrons. The zero-order chi connectivity index (χ0) is 19.3. The van der Waals surface area contributed by atoms with E-state index in [1.807, 2.05) is 18.2 Å². The van der Waals surface area contributed by atoms with Crippen LogP contribution in [0.3, 0.4) is 0 Å². The summed E-state index contributed by atoms with van der Waals surface area (Å²) < 4.78 is 28.1. The van der Waals surface area contributed by atoms with Gasteiger partial charge in [0, 0.05) is 11.6 Å². The number of carbonyl (C=O) groups excluding carboxylic acids is 1. The Kier molecular flexibility index (Phi) is 4.10. The molecular weight excluding hydrogens is 362 g/mol. The van der Waals surface area contributed by atoms with E-state index < -0.39 is 6.43 Å². The Morgan fingerprint density at radius 2 is 2.04 bits per heavy atom. The summed E-state index contributed by atoms with van der Waals surface area (Å²) in [4.78, 5) is 17.5. The molecular formula is C21H20F2N4O. The molecule has 1 N–H and O–H groups in total. The second-order valence-corrected chi connectivity index (χ2v) is 7.59. The molecule has 2 aliphatic rings. The van der Waals surface area contributed by atoms with Crippen molar-refractivity contribution < 1.29 is 13.6 Å². The maximum Gasteiger partial charge on any atom is 0.280 e. The van der Waals surface area contributed by atoms with Crippen molar-refractivity contribution >= 4 is 11.6 Å². The van der Waals surface area contributed by atoms with Crippen molar-refractivity contribution in [2.75, 3.05) is 0 Å². The van der Waals surface area contributed by atoms with Gasteiger partial charge in [0.15, 0.2) is 5.65 Å². The second-order valence-electron chi connectivity index (χ2n) is 7.59. The summed E-state index contributed by atoms with van der Waals surface area (Å²) in [6.07, 6.45) is 3.41. The third-order valence-electron chi connectivity index (χ3n) is 5.66. The van der Waals surface area contributed by atoms with Gasteiger partial charge in [-0.25, -0.2) is 18.3 Å². The molecule has 2 heterocycles. The van der Waals surface area contributed by atoms with Crippen LogP contribution in [-0.4, -0.2) is 20.5 Å². The molecule has 3 aromatic rings. The van der Waals surface area contributed by atoms with Gasteiger partial charge in [-0.05, 0) is 49.3 Å². The number of carbonyl (C=O) groups is 1. The van der Waals surface area contributed by atoms with Crippen molar-refractivity contribution in [3.05, 3.63) is 64.6 Å². The second kappa shape index (κ2) is 6.65. The third kappa shape index (κ3) is 2.95. The molecule has 7 heteroatoms. The number of aryl methyl sites for hydroxylation is 1. The average molecular weight is 382 g/mol. The molecule has 0 aliphatic heterocycles. The van der Waals surface area contributed by atoms with Gasteiger partial charge < -0.3 is 5.32 Å². The molecule has 0 radical (unpaired) electrons. The van der Waals surface area contributed by atoms with Gasteiger partial charge in [0.2, 0.25) is 0 Å². The van der Waals surface area contributed by atoms with Crippen molar-refractivity contribution in [1.82, 2.24) is 19.9 Å². The number of alkyl halides is 2. The first-order chi connectivity index (χ1) is 13.6. The molecule has 0 saturated heterocycles. The lowest BCUT2D eigenvalue weighted by Crippen LogP contribution is -2.31. The van der Waals surface area contributed by atoms with Crippen LogP contribution >= 0.6 is 0 Å². The number of hydrogen-bond acceptors (Lipinski definition) is 3. The fraction of sp³-hybridized carbons (Fsp3) is 0.381. The lowest BCUT2D eigenvalue weighted by atomic mass is 9.87. The van der Waals surface area contributed by atoms with Gasteiger partial charge >= 0.3 is 0 Å². The quantitative estimate of drug-likeness (QED) is 0.730. The third-order valence-corrected chi connectivity index (χ3v) is 5.66. The van der Waals surface area contributed by atoms with E-state index >= 15 is 0 Å². The van der Waals surface area contributed by atoms with Crippen LogP contribution in [0.1, 0.15) is 76.9 Å². The molecule has 0 bridgehead atoms. The SMILES string of the molecule is O=C(N[C@H]1CCCc2ccccc21)c1cnn2c(C(F)F)cc(C3CC3)nc12. The van der Waals surface area contributed by atoms with E-state index in [4.69, 9.17) is 0 Å². The van der Waals surface area contributed by atoms with Crippen molar-refractivity contribution in [2.45, 2.75) is 50.5 Å². The van der Waals surface area contributed by atoms with E-state index in [1.165, 1.54) is 17.8 Å². The zero-order valence-electron chi connectivity index (χ0n) is 15.2. The molecule has 1 fully saturated rings. The molecule has 0 spiro atoms. The molecule has 1 amide bonds. The van der Waals surface area contributed by atoms with Crippen LogP contribution in [0.4, 0.5) is 8.78 Å². The number of aromatic nitrogens is 3. The lowest BCUT2D eigenvalue weighted by molar-refractivity contribution is 0.0934. The van der Waals surface area contributed by atoms with Crippen LogP contribution in [-0.2, 0) is 6.42 Å². The van der Waals surface area contributed by atoms with E-state index in [9.17, 15) is 13.6 Å². The Labute approximate surface area is 160 Å². The van der Waals surface area contributed by atoms with Gasteiger partial charge in [-0.15, -0.1) is 0 Å². The van der Waals surface area contributed by atoms with E-state index in [1.54, 1.807) is 0 Å². The van der Waals surface area contributed by atoms with Gasteiger partial charge in [-0.1, -0.05) is 24.3 Å². The van der Waals surface area contributed by atoms with Gasteiger partial charge in [-0.2, -0.15) is 5.10 Å². The summed E-state index contributed by atoms with van der Waals surface area (Å²) in [5.41, 5.74) is 3.23. The molecule has 1 aromatic carbocycles. The van der Waals surface area contributed by atoms with E-state index in [0.717, 1.165) is 42.2 Å². The molecule has 5 nitrogen and oxygen atoms in total. The van der Waals surface area contributed by atoms with Gasteiger partial charge in [0.05, 0.1) is 12.2 Å². The fourth-order valence-corrected chi connectivity index (χ4v) is 4.05. The van der Waals surface area contributed by atoms with Crippen LogP contribution in [0.5, 0.6) is 0 Å². The van der Waals surface area contributed by atoms with Crippen molar-refractivity contribution in [2.24, 2.45) is 0 Å². The number of amides is 1. The molecule has 5 rings (SSSR count). The minimum Gasteiger partial charge on any atom is -0.345 e. The van der Waals surface area contributed by atoms with E-state index in [0.29, 0.717) is 5.69 Å². The first kappa shape index (κ1) is 17.3. The van der Waals surface area contributed by atoms with Crippen molar-refractivity contribution in [1.29, 1.82) is 0 Å². The maximum absolute atomic E-state index is 13.5. The Morgan fingerprint density at radius 1 is 1.21 bits per heavy atom. The van der Waals surface area contributed by atoms with E-state index in [-0.39, 0.29) is 34.8 Å². The lowest BCUT2D eigenvalue weighted by Gasteiger charge is -2.26. The molecule has 2 aromatic heterocycles. The molecule has 1 atom stereocenters. The van der Waals surface area contributed by atoms with Gasteiger partial charge in [0.1, 0.15) is 11.3 Å². The zero-order valence-corrected chi connectivity index (χ0v) is 15.2. The van der Waals surface area contributed by atoms with E-state index in [2.05, 4.69) is 21.5 Å². The predicted molar refractivity (Wildman–Crippen MR) is 99.5 cm³/mol. The highest BCUT2D eigenvalue weighted by Gasteiger charge is 2.30. The normalized spacial score (nSPS) is 19.0. The van der Waals surface area contributed by atoms with Crippen LogP contribution in [0.25, 0.3) is 5.65 Å². The Hall–Kier alpha value is -2.83. The van der Waals surface area contributed by atoms with Crippen LogP contribution in [0.15, 0.2) is 36.5 Å². The molecule has 0 unspecified atom stereocenters. The Bertz CT molecular complexity index is 1060. The molecule has 1 saturated carbocycles. The summed E-state index contributed by atoms with van der Waals surface area (Å²) in [5.74, 6) is -0.115. The summed E-state index contributed by atoms with van der Waals surface area (Å²) in [7, 11) is 0. The van der Waals surface area contributed by atoms with Gasteiger partial charge in [-0.3, -0.25) is 4.79 Å². The number of halogens is 2. The van der Waals surface area contributed by atoms with Crippen molar-refractivity contribution in [3.8, 4) is 0 Å². The van der Waals surface area contributed by atoms with Gasteiger partial charge in [0.25, 0.3) is 12.3 Å². The van der Waals surface area contributed by atoms with Crippen LogP contribution < -0.4 is 5.32 Å². The van der Waals surface area contributed by atoms with Crippen LogP contribution in [0.2, 0.25) is 0 Å². The summed E-state index contributed by atoms with van der Waals surface area (Å²) in [6, 6.07) is 9.42. The number of benzene rings is 1. The molecule has 2 aliphatic carbocycles. The summed E-state index contributed by atoms with van der Waals surface area (Å²) in [5, 5.41) is 7.10. The summed E-state index contributed by atoms with van der Waals surface area (Å²) >= 11 is 0. The predicted octanol–water partition coefficient (Wildman–Crippen LogP) is 4.35. The van der Waals surface area contributed by atoms with Crippen molar-refractivity contribution in [3.63, 3.8) is 0 Å². The monoisotopic (exact) mass is 382 g/mol. The highest BCUT2D eigenvalue weighted by atomic mass is 19.3. The first-order valence-corrected chi connectivity index (χ1v) is 9.67. The maximum atomic E-state index is 13.5. The number of nitrogens with one attached hydrogen (secondary N) is 1. The highest BCUT2D eigenvalue weighted by Crippen LogP contribution is 2.40. The largest absolute Gasteiger partial charge is 0.345 e. The minimum absolute atomic E-state index is 0.0893. The number of fused-ring (bicyclic) bond motifs is 2. The number of rotatable bonds is 4. The smallest absolute Gasteiger partial charge is 0.280 e. The topological polar surface area (TPSA) is 59.3 Å². The van der Waals surface area contributed by atoms with Crippen LogP contribution in [0, 0.1) is 0 Å². The first-order valence-electron chi connectivity index (χ1n) is 9.67. The fourth-order valence-electron chi connectivity index (χ4n) is 4.05. The summed E-state index contributed by atoms with van der Waals surface area (Å²) in [6.45, 7) is 0. The Morgan fingerprint density at radius 3 is 2.82 bits per heavy atom. The average Bonchev–Trinajstić information content (AvgIpc) is 3.46. The highest BCUT2D eigenvalue weighted by molar-refractivity contribution is 6.00.